The zero-order chi connectivity index (χ0) is 15.5. The summed E-state index contributed by atoms with van der Waals surface area (Å²) in [6, 6.07) is 4.55. The summed E-state index contributed by atoms with van der Waals surface area (Å²) < 4.78 is 33.2. The average molecular weight is 378 g/mol. The molecule has 0 aromatic heterocycles. The topological polar surface area (TPSA) is 84.7 Å². The molecule has 1 aliphatic heterocycles. The van der Waals surface area contributed by atoms with Crippen molar-refractivity contribution in [1.29, 1.82) is 0 Å². The van der Waals surface area contributed by atoms with Crippen LogP contribution < -0.4 is 10.5 Å². The third kappa shape index (κ3) is 4.40. The standard InChI is InChI=1S/C13H20BrN3O3S/c1-2-17-5-6-20-10(9-17)8-16-21(18,19)11-3-4-13(15)12(14)7-11/h3-4,7,10,16H,2,5-6,8-9,15H2,1H3. The van der Waals surface area contributed by atoms with E-state index in [1.807, 2.05) is 0 Å². The van der Waals surface area contributed by atoms with Crippen LogP contribution in [0.3, 0.4) is 0 Å². The van der Waals surface area contributed by atoms with Crippen LogP contribution in [0, 0.1) is 0 Å². The molecule has 1 unspecified atom stereocenters. The van der Waals surface area contributed by atoms with Crippen molar-refractivity contribution in [2.45, 2.75) is 17.9 Å². The van der Waals surface area contributed by atoms with Crippen LogP contribution in [0.4, 0.5) is 5.69 Å². The Morgan fingerprint density at radius 3 is 2.95 bits per heavy atom. The molecule has 2 rings (SSSR count). The summed E-state index contributed by atoms with van der Waals surface area (Å²) in [6.07, 6.45) is -0.120. The minimum atomic E-state index is -3.56. The quantitative estimate of drug-likeness (QED) is 0.748. The first-order chi connectivity index (χ1) is 9.92. The zero-order valence-electron chi connectivity index (χ0n) is 11.9. The van der Waals surface area contributed by atoms with Crippen LogP contribution in [-0.2, 0) is 14.8 Å². The van der Waals surface area contributed by atoms with Gasteiger partial charge in [-0.15, -0.1) is 0 Å². The van der Waals surface area contributed by atoms with Crippen LogP contribution in [0.5, 0.6) is 0 Å². The highest BCUT2D eigenvalue weighted by molar-refractivity contribution is 9.10. The predicted octanol–water partition coefficient (Wildman–Crippen LogP) is 1.03. The summed E-state index contributed by atoms with van der Waals surface area (Å²) in [5.74, 6) is 0. The number of likely N-dealkylation sites (N-methyl/N-ethyl adjacent to an activating group) is 1. The molecule has 3 N–H and O–H groups in total. The fourth-order valence-electron chi connectivity index (χ4n) is 2.15. The number of nitrogens with one attached hydrogen (secondary N) is 1. The van der Waals surface area contributed by atoms with E-state index in [-0.39, 0.29) is 17.5 Å². The summed E-state index contributed by atoms with van der Waals surface area (Å²) >= 11 is 3.23. The first-order valence-corrected chi connectivity index (χ1v) is 9.08. The number of nitrogens with zero attached hydrogens (tertiary/aromatic N) is 1. The summed E-state index contributed by atoms with van der Waals surface area (Å²) in [6.45, 7) is 5.56. The molecule has 1 aliphatic rings. The third-order valence-corrected chi connectivity index (χ3v) is 5.56. The van der Waals surface area contributed by atoms with Gasteiger partial charge in [-0.05, 0) is 40.7 Å². The lowest BCUT2D eigenvalue weighted by atomic mass is 10.3. The van der Waals surface area contributed by atoms with Gasteiger partial charge >= 0.3 is 0 Å². The van der Waals surface area contributed by atoms with Crippen LogP contribution in [-0.4, -0.2) is 52.2 Å². The molecule has 1 atom stereocenters. The van der Waals surface area contributed by atoms with Gasteiger partial charge in [0.1, 0.15) is 0 Å². The molecule has 6 nitrogen and oxygen atoms in total. The Balaban J connectivity index is 1.99. The van der Waals surface area contributed by atoms with E-state index >= 15 is 0 Å². The van der Waals surface area contributed by atoms with Gasteiger partial charge in [-0.2, -0.15) is 0 Å². The number of hydrogen-bond acceptors (Lipinski definition) is 5. The summed E-state index contributed by atoms with van der Waals surface area (Å²) in [7, 11) is -3.56. The maximum Gasteiger partial charge on any atom is 0.240 e. The van der Waals surface area contributed by atoms with Crippen LogP contribution in [0.2, 0.25) is 0 Å². The summed E-state index contributed by atoms with van der Waals surface area (Å²) in [4.78, 5) is 2.43. The Labute approximate surface area is 133 Å². The number of nitrogen functional groups attached to an aromatic ring is 1. The van der Waals surface area contributed by atoms with Crippen molar-refractivity contribution in [1.82, 2.24) is 9.62 Å². The molecular formula is C13H20BrN3O3S. The molecule has 1 aromatic carbocycles. The number of hydrogen-bond donors (Lipinski definition) is 2. The highest BCUT2D eigenvalue weighted by Crippen LogP contribution is 2.22. The highest BCUT2D eigenvalue weighted by atomic mass is 79.9. The normalized spacial score (nSPS) is 20.6. The van der Waals surface area contributed by atoms with Crippen molar-refractivity contribution < 1.29 is 13.2 Å². The van der Waals surface area contributed by atoms with E-state index in [4.69, 9.17) is 10.5 Å². The highest BCUT2D eigenvalue weighted by Gasteiger charge is 2.22. The molecule has 1 heterocycles. The minimum absolute atomic E-state index is 0.120. The van der Waals surface area contributed by atoms with Gasteiger partial charge in [0.15, 0.2) is 0 Å². The molecule has 0 saturated carbocycles. The van der Waals surface area contributed by atoms with Crippen molar-refractivity contribution in [3.63, 3.8) is 0 Å². The van der Waals surface area contributed by atoms with Crippen LogP contribution in [0.1, 0.15) is 6.92 Å². The summed E-state index contributed by atoms with van der Waals surface area (Å²) in [5, 5.41) is 0. The van der Waals surface area contributed by atoms with Gasteiger partial charge in [-0.1, -0.05) is 6.92 Å². The molecule has 8 heteroatoms. The van der Waals surface area contributed by atoms with Gasteiger partial charge in [0.2, 0.25) is 10.0 Å². The molecule has 1 saturated heterocycles. The molecule has 0 amide bonds. The average Bonchev–Trinajstić information content (AvgIpc) is 2.48. The number of halogens is 1. The van der Waals surface area contributed by atoms with Crippen LogP contribution in [0.25, 0.3) is 0 Å². The smallest absolute Gasteiger partial charge is 0.240 e. The van der Waals surface area contributed by atoms with E-state index < -0.39 is 10.0 Å². The van der Waals surface area contributed by atoms with Gasteiger partial charge in [-0.25, -0.2) is 13.1 Å². The molecule has 1 fully saturated rings. The Morgan fingerprint density at radius 2 is 2.29 bits per heavy atom. The minimum Gasteiger partial charge on any atom is -0.398 e. The molecule has 1 aromatic rings. The second-order valence-electron chi connectivity index (χ2n) is 4.92. The Morgan fingerprint density at radius 1 is 1.52 bits per heavy atom. The number of morpholine rings is 1. The second-order valence-corrected chi connectivity index (χ2v) is 7.54. The predicted molar refractivity (Wildman–Crippen MR) is 85.6 cm³/mol. The number of benzene rings is 1. The maximum atomic E-state index is 12.2. The lowest BCUT2D eigenvalue weighted by Gasteiger charge is -2.32. The molecule has 0 aliphatic carbocycles. The Kier molecular flexibility index (Phi) is 5.61. The fourth-order valence-corrected chi connectivity index (χ4v) is 3.77. The monoisotopic (exact) mass is 377 g/mol. The van der Waals surface area contributed by atoms with Gasteiger partial charge in [0, 0.05) is 29.8 Å². The number of anilines is 1. The number of sulfonamides is 1. The molecule has 0 radical (unpaired) electrons. The summed E-state index contributed by atoms with van der Waals surface area (Å²) in [5.41, 5.74) is 6.17. The van der Waals surface area contributed by atoms with Gasteiger partial charge in [-0.3, -0.25) is 4.90 Å². The first kappa shape index (κ1) is 16.7. The van der Waals surface area contributed by atoms with Gasteiger partial charge < -0.3 is 10.5 Å². The molecule has 0 spiro atoms. The van der Waals surface area contributed by atoms with Crippen molar-refractivity contribution in [2.75, 3.05) is 38.5 Å². The lowest BCUT2D eigenvalue weighted by Crippen LogP contribution is -2.47. The maximum absolute atomic E-state index is 12.2. The molecule has 0 bridgehead atoms. The Hall–Kier alpha value is -0.670. The Bertz CT molecular complexity index is 594. The number of ether oxygens (including phenoxy) is 1. The van der Waals surface area contributed by atoms with Gasteiger partial charge in [0.05, 0.1) is 17.6 Å². The van der Waals surface area contributed by atoms with Crippen LogP contribution in [0.15, 0.2) is 27.6 Å². The van der Waals surface area contributed by atoms with Crippen molar-refractivity contribution in [3.8, 4) is 0 Å². The van der Waals surface area contributed by atoms with Crippen molar-refractivity contribution in [3.05, 3.63) is 22.7 Å². The molecule has 118 valence electrons. The lowest BCUT2D eigenvalue weighted by molar-refractivity contribution is -0.0229. The van der Waals surface area contributed by atoms with Crippen LogP contribution >= 0.6 is 15.9 Å². The number of rotatable bonds is 5. The van der Waals surface area contributed by atoms with E-state index in [0.717, 1.165) is 19.6 Å². The van der Waals surface area contributed by atoms with Gasteiger partial charge in [0.25, 0.3) is 0 Å². The van der Waals surface area contributed by atoms with E-state index in [9.17, 15) is 8.42 Å². The van der Waals surface area contributed by atoms with E-state index in [1.165, 1.54) is 12.1 Å². The second kappa shape index (κ2) is 7.06. The number of nitrogens with two attached hydrogens (primary N) is 1. The largest absolute Gasteiger partial charge is 0.398 e. The fraction of sp³-hybridized carbons (Fsp3) is 0.538. The first-order valence-electron chi connectivity index (χ1n) is 6.81. The SMILES string of the molecule is CCN1CCOC(CNS(=O)(=O)c2ccc(N)c(Br)c2)C1. The van der Waals surface area contributed by atoms with Crippen molar-refractivity contribution in [2.24, 2.45) is 0 Å². The third-order valence-electron chi connectivity index (χ3n) is 3.45. The zero-order valence-corrected chi connectivity index (χ0v) is 14.3. The van der Waals surface area contributed by atoms with Crippen molar-refractivity contribution >= 4 is 31.6 Å². The van der Waals surface area contributed by atoms with E-state index in [0.29, 0.717) is 16.8 Å². The van der Waals surface area contributed by atoms with E-state index in [2.05, 4.69) is 32.5 Å². The molecular weight excluding hydrogens is 358 g/mol. The van der Waals surface area contributed by atoms with E-state index in [1.54, 1.807) is 6.07 Å². The molecule has 21 heavy (non-hydrogen) atoms.